The summed E-state index contributed by atoms with van der Waals surface area (Å²) in [6.45, 7) is 23.1. The third kappa shape index (κ3) is 2.84. The molecule has 0 aromatic heterocycles. The van der Waals surface area contributed by atoms with Gasteiger partial charge in [0, 0.05) is 23.0 Å². The van der Waals surface area contributed by atoms with Gasteiger partial charge in [-0.05, 0) is 46.3 Å². The first-order valence-corrected chi connectivity index (χ1v) is 12.1. The largest absolute Gasteiger partial charge is 0.269 e. The molecule has 0 spiro atoms. The Kier molecular flexibility index (Phi) is 6.06. The smallest absolute Gasteiger partial charge is 0.254 e. The van der Waals surface area contributed by atoms with E-state index in [-0.39, 0.29) is 40.5 Å². The topological polar surface area (TPSA) is 37.4 Å². The average Bonchev–Trinajstić information content (AvgIpc) is 3.13. The maximum absolute atomic E-state index is 13.1. The van der Waals surface area contributed by atoms with Gasteiger partial charge in [0.1, 0.15) is 0 Å². The first-order chi connectivity index (χ1) is 14.4. The number of benzene rings is 1. The lowest BCUT2D eigenvalue weighted by Gasteiger charge is -2.60. The van der Waals surface area contributed by atoms with Crippen molar-refractivity contribution in [3.63, 3.8) is 0 Å². The summed E-state index contributed by atoms with van der Waals surface area (Å²) in [4.78, 5) is 27.8. The van der Waals surface area contributed by atoms with Crippen molar-refractivity contribution in [3.05, 3.63) is 47.0 Å². The van der Waals surface area contributed by atoms with Crippen molar-refractivity contribution in [2.24, 2.45) is 29.1 Å². The van der Waals surface area contributed by atoms with E-state index in [1.165, 1.54) is 28.8 Å². The number of nitrogens with zero attached hydrogens (tertiary/aromatic N) is 1. The van der Waals surface area contributed by atoms with Crippen LogP contribution in [-0.2, 0) is 15.0 Å². The van der Waals surface area contributed by atoms with Gasteiger partial charge in [-0.1, -0.05) is 87.4 Å². The summed E-state index contributed by atoms with van der Waals surface area (Å²) >= 11 is 0. The van der Waals surface area contributed by atoms with Crippen LogP contribution >= 0.6 is 0 Å². The Balaban J connectivity index is 2.58. The van der Waals surface area contributed by atoms with Crippen molar-refractivity contribution in [2.45, 2.75) is 86.6 Å². The zero-order chi connectivity index (χ0) is 23.5. The van der Waals surface area contributed by atoms with Crippen molar-refractivity contribution in [3.8, 4) is 0 Å². The molecule has 0 unspecified atom stereocenters. The van der Waals surface area contributed by atoms with E-state index in [1.807, 2.05) is 0 Å². The molecule has 1 aliphatic carbocycles. The molecule has 1 atom stereocenters. The van der Waals surface area contributed by atoms with Crippen LogP contribution in [0, 0.1) is 29.1 Å². The van der Waals surface area contributed by atoms with Crippen LogP contribution in [0.4, 0.5) is 0 Å². The summed E-state index contributed by atoms with van der Waals surface area (Å²) in [5.41, 5.74) is 3.50. The quantitative estimate of drug-likeness (QED) is 0.481. The average molecular weight is 424 g/mol. The molecule has 3 nitrogen and oxygen atoms in total. The summed E-state index contributed by atoms with van der Waals surface area (Å²) in [7, 11) is 0. The van der Waals surface area contributed by atoms with Gasteiger partial charge in [0.15, 0.2) is 0 Å². The highest BCUT2D eigenvalue weighted by Gasteiger charge is 2.70. The first-order valence-electron chi connectivity index (χ1n) is 12.1. The molecule has 1 heterocycles. The number of hydrogen-bond acceptors (Lipinski definition) is 2. The van der Waals surface area contributed by atoms with E-state index in [4.69, 9.17) is 0 Å². The Morgan fingerprint density at radius 3 is 1.61 bits per heavy atom. The van der Waals surface area contributed by atoms with Gasteiger partial charge in [-0.3, -0.25) is 14.5 Å². The van der Waals surface area contributed by atoms with Crippen molar-refractivity contribution >= 4 is 11.8 Å². The second kappa shape index (κ2) is 7.90. The van der Waals surface area contributed by atoms with E-state index in [0.29, 0.717) is 17.8 Å². The van der Waals surface area contributed by atoms with Gasteiger partial charge >= 0.3 is 0 Å². The third-order valence-electron chi connectivity index (χ3n) is 8.46. The summed E-state index contributed by atoms with van der Waals surface area (Å²) in [6.07, 6.45) is 2.90. The minimum absolute atomic E-state index is 0.167. The van der Waals surface area contributed by atoms with Crippen LogP contribution in [0.3, 0.4) is 0 Å². The molecule has 0 fully saturated rings. The molecule has 0 bridgehead atoms. The van der Waals surface area contributed by atoms with Crippen LogP contribution in [0.25, 0.3) is 0 Å². The fraction of sp³-hybridized carbons (Fsp3) is 0.643. The molecule has 170 valence electrons. The maximum atomic E-state index is 13.1. The lowest BCUT2D eigenvalue weighted by Crippen LogP contribution is -2.60. The molecule has 1 aromatic carbocycles. The molecule has 0 radical (unpaired) electrons. The summed E-state index contributed by atoms with van der Waals surface area (Å²) in [5.74, 6) is 1.26. The SMILES string of the molecule is CC(C)c1cccc2c1C(C(C)C)(C(C)C)C(C(C)C)(C(C)C)[C@H]2N1C(=O)C=CC1=O. The molecular formula is C28H41NO2. The minimum Gasteiger partial charge on any atom is -0.269 e. The highest BCUT2D eigenvalue weighted by Crippen LogP contribution is 2.72. The zero-order valence-corrected chi connectivity index (χ0v) is 21.1. The van der Waals surface area contributed by atoms with Crippen LogP contribution < -0.4 is 0 Å². The van der Waals surface area contributed by atoms with Crippen molar-refractivity contribution in [2.75, 3.05) is 0 Å². The molecule has 2 aliphatic rings. The van der Waals surface area contributed by atoms with E-state index in [9.17, 15) is 9.59 Å². The van der Waals surface area contributed by atoms with E-state index < -0.39 is 0 Å². The van der Waals surface area contributed by atoms with E-state index in [0.717, 1.165) is 0 Å². The second-order valence-electron chi connectivity index (χ2n) is 11.2. The highest BCUT2D eigenvalue weighted by molar-refractivity contribution is 6.13. The van der Waals surface area contributed by atoms with E-state index in [2.05, 4.69) is 87.4 Å². The monoisotopic (exact) mass is 423 g/mol. The van der Waals surface area contributed by atoms with Crippen LogP contribution in [-0.4, -0.2) is 16.7 Å². The van der Waals surface area contributed by atoms with Gasteiger partial charge in [0.05, 0.1) is 6.04 Å². The van der Waals surface area contributed by atoms with E-state index >= 15 is 0 Å². The number of rotatable bonds is 6. The normalized spacial score (nSPS) is 22.2. The van der Waals surface area contributed by atoms with Crippen LogP contribution in [0.1, 0.15) is 97.9 Å². The van der Waals surface area contributed by atoms with E-state index in [1.54, 1.807) is 4.90 Å². The zero-order valence-electron chi connectivity index (χ0n) is 21.1. The van der Waals surface area contributed by atoms with Gasteiger partial charge in [-0.2, -0.15) is 0 Å². The summed E-state index contributed by atoms with van der Waals surface area (Å²) < 4.78 is 0. The molecule has 3 heteroatoms. The number of fused-ring (bicyclic) bond motifs is 1. The van der Waals surface area contributed by atoms with Gasteiger partial charge in [0.25, 0.3) is 11.8 Å². The number of carbonyl (C=O) groups is 2. The Bertz CT molecular complexity index is 870. The number of amides is 2. The fourth-order valence-corrected chi connectivity index (χ4v) is 7.99. The Morgan fingerprint density at radius 1 is 0.742 bits per heavy atom. The lowest BCUT2D eigenvalue weighted by molar-refractivity contribution is -0.153. The summed E-state index contributed by atoms with van der Waals surface area (Å²) in [6, 6.07) is 6.32. The standard InChI is InChI=1S/C28H41NO2/c1-16(2)21-12-11-13-22-25(21)27(17(3)4,18(5)6)28(19(7)8,20(9)10)26(22)29-23(30)14-15-24(29)31/h11-20,26H,1-10H3/t26-/m0/s1. The molecule has 31 heavy (non-hydrogen) atoms. The van der Waals surface area contributed by atoms with Crippen molar-refractivity contribution in [1.29, 1.82) is 0 Å². The fourth-order valence-electron chi connectivity index (χ4n) is 7.99. The second-order valence-corrected chi connectivity index (χ2v) is 11.2. The predicted octanol–water partition coefficient (Wildman–Crippen LogP) is 6.64. The van der Waals surface area contributed by atoms with Gasteiger partial charge < -0.3 is 0 Å². The molecule has 1 aliphatic heterocycles. The molecule has 0 saturated carbocycles. The Morgan fingerprint density at radius 2 is 1.23 bits per heavy atom. The molecule has 3 rings (SSSR count). The van der Waals surface area contributed by atoms with Crippen LogP contribution in [0.5, 0.6) is 0 Å². The molecule has 0 N–H and O–H groups in total. The van der Waals surface area contributed by atoms with Gasteiger partial charge in [-0.25, -0.2) is 0 Å². The predicted molar refractivity (Wildman–Crippen MR) is 128 cm³/mol. The molecule has 2 amide bonds. The maximum Gasteiger partial charge on any atom is 0.254 e. The lowest BCUT2D eigenvalue weighted by atomic mass is 9.45. The van der Waals surface area contributed by atoms with Crippen LogP contribution in [0.15, 0.2) is 30.4 Å². The number of hydrogen-bond donors (Lipinski definition) is 0. The first kappa shape index (κ1) is 23.8. The van der Waals surface area contributed by atoms with Crippen molar-refractivity contribution < 1.29 is 9.59 Å². The van der Waals surface area contributed by atoms with Gasteiger partial charge in [-0.15, -0.1) is 0 Å². The number of carbonyl (C=O) groups excluding carboxylic acids is 2. The summed E-state index contributed by atoms with van der Waals surface area (Å²) in [5, 5.41) is 0. The molecule has 1 aromatic rings. The van der Waals surface area contributed by atoms with Crippen LogP contribution in [0.2, 0.25) is 0 Å². The third-order valence-corrected chi connectivity index (χ3v) is 8.46. The van der Waals surface area contributed by atoms with Gasteiger partial charge in [0.2, 0.25) is 0 Å². The van der Waals surface area contributed by atoms with Crippen molar-refractivity contribution in [1.82, 2.24) is 4.90 Å². The molecular weight excluding hydrogens is 382 g/mol. The minimum atomic E-state index is -0.278. The molecule has 0 saturated heterocycles. The Hall–Kier alpha value is -1.90. The highest BCUT2D eigenvalue weighted by atomic mass is 16.2. The Labute approximate surface area is 189 Å². The number of imide groups is 1.